The van der Waals surface area contributed by atoms with Crippen LogP contribution in [-0.2, 0) is 6.54 Å². The molecule has 19 heavy (non-hydrogen) atoms. The molecule has 0 aliphatic heterocycles. The molecule has 0 spiro atoms. The monoisotopic (exact) mass is 322 g/mol. The Morgan fingerprint density at radius 2 is 2.00 bits per heavy atom. The second-order valence-corrected chi connectivity index (χ2v) is 5.41. The van der Waals surface area contributed by atoms with Crippen LogP contribution >= 0.6 is 15.9 Å². The summed E-state index contributed by atoms with van der Waals surface area (Å²) in [5, 5.41) is 3.23. The smallest absolute Gasteiger partial charge is 0.119 e. The lowest BCUT2D eigenvalue weighted by Gasteiger charge is -2.08. The Hall–Kier alpha value is -1.26. The molecule has 1 atom stereocenters. The van der Waals surface area contributed by atoms with Crippen molar-refractivity contribution in [1.29, 1.82) is 0 Å². The average molecular weight is 323 g/mol. The third kappa shape index (κ3) is 4.11. The van der Waals surface area contributed by atoms with Crippen LogP contribution in [-0.4, -0.2) is 18.2 Å². The standard InChI is InChI=1S/C15H19BrN2O/c1-12(17-2)13-7-8-18(11-13)9-10-19-15-5-3-14(16)4-6-15/h3-8,11-12,17H,9-10H2,1-2H3. The molecule has 1 aromatic carbocycles. The van der Waals surface area contributed by atoms with Crippen molar-refractivity contribution in [3.63, 3.8) is 0 Å². The lowest BCUT2D eigenvalue weighted by atomic mass is 10.2. The summed E-state index contributed by atoms with van der Waals surface area (Å²) in [4.78, 5) is 0. The minimum absolute atomic E-state index is 0.383. The van der Waals surface area contributed by atoms with Crippen LogP contribution in [0.15, 0.2) is 47.2 Å². The molecule has 0 saturated carbocycles. The Labute approximate surface area is 122 Å². The zero-order valence-electron chi connectivity index (χ0n) is 11.3. The van der Waals surface area contributed by atoms with E-state index in [4.69, 9.17) is 4.74 Å². The second-order valence-electron chi connectivity index (χ2n) is 4.50. The van der Waals surface area contributed by atoms with Gasteiger partial charge in [-0.3, -0.25) is 0 Å². The summed E-state index contributed by atoms with van der Waals surface area (Å²) in [6, 6.07) is 10.4. The van der Waals surface area contributed by atoms with E-state index in [1.165, 1.54) is 5.56 Å². The molecular weight excluding hydrogens is 304 g/mol. The van der Waals surface area contributed by atoms with Gasteiger partial charge in [0.2, 0.25) is 0 Å². The Bertz CT molecular complexity index is 507. The van der Waals surface area contributed by atoms with E-state index in [0.29, 0.717) is 12.6 Å². The third-order valence-electron chi connectivity index (χ3n) is 3.14. The molecule has 1 aromatic heterocycles. The Morgan fingerprint density at radius 1 is 1.26 bits per heavy atom. The highest BCUT2D eigenvalue weighted by Crippen LogP contribution is 2.16. The van der Waals surface area contributed by atoms with Crippen molar-refractivity contribution in [3.05, 3.63) is 52.8 Å². The van der Waals surface area contributed by atoms with Gasteiger partial charge in [-0.1, -0.05) is 15.9 Å². The Kier molecular flexibility index (Phi) is 5.05. The Balaban J connectivity index is 1.82. The van der Waals surface area contributed by atoms with Gasteiger partial charge in [0.1, 0.15) is 12.4 Å². The van der Waals surface area contributed by atoms with Crippen molar-refractivity contribution in [2.75, 3.05) is 13.7 Å². The van der Waals surface area contributed by atoms with Gasteiger partial charge in [0.15, 0.2) is 0 Å². The maximum atomic E-state index is 5.70. The van der Waals surface area contributed by atoms with E-state index in [1.54, 1.807) is 0 Å². The topological polar surface area (TPSA) is 26.2 Å². The van der Waals surface area contributed by atoms with Crippen molar-refractivity contribution in [2.24, 2.45) is 0 Å². The number of halogens is 1. The zero-order valence-corrected chi connectivity index (χ0v) is 12.9. The summed E-state index contributed by atoms with van der Waals surface area (Å²) >= 11 is 3.41. The SMILES string of the molecule is CNC(C)c1ccn(CCOc2ccc(Br)cc2)c1. The summed E-state index contributed by atoms with van der Waals surface area (Å²) in [6.07, 6.45) is 4.25. The van der Waals surface area contributed by atoms with Gasteiger partial charge in [-0.25, -0.2) is 0 Å². The molecule has 1 N–H and O–H groups in total. The molecule has 0 saturated heterocycles. The van der Waals surface area contributed by atoms with Crippen molar-refractivity contribution in [3.8, 4) is 5.75 Å². The summed E-state index contributed by atoms with van der Waals surface area (Å²) in [7, 11) is 1.97. The summed E-state index contributed by atoms with van der Waals surface area (Å²) in [6.45, 7) is 3.67. The van der Waals surface area contributed by atoms with Gasteiger partial charge in [0.05, 0.1) is 6.54 Å². The van der Waals surface area contributed by atoms with Crippen LogP contribution in [0.25, 0.3) is 0 Å². The highest BCUT2D eigenvalue weighted by molar-refractivity contribution is 9.10. The first-order valence-corrected chi connectivity index (χ1v) is 7.19. The summed E-state index contributed by atoms with van der Waals surface area (Å²) < 4.78 is 8.92. The van der Waals surface area contributed by atoms with Crippen molar-refractivity contribution in [1.82, 2.24) is 9.88 Å². The van der Waals surface area contributed by atoms with E-state index in [1.807, 2.05) is 31.3 Å². The number of rotatable bonds is 6. The molecule has 0 bridgehead atoms. The fraction of sp³-hybridized carbons (Fsp3) is 0.333. The normalized spacial score (nSPS) is 12.4. The van der Waals surface area contributed by atoms with E-state index in [9.17, 15) is 0 Å². The maximum absolute atomic E-state index is 5.70. The van der Waals surface area contributed by atoms with Crippen molar-refractivity contribution >= 4 is 15.9 Å². The van der Waals surface area contributed by atoms with Gasteiger partial charge in [0.25, 0.3) is 0 Å². The lowest BCUT2D eigenvalue weighted by Crippen LogP contribution is -2.11. The minimum Gasteiger partial charge on any atom is -0.492 e. The van der Waals surface area contributed by atoms with Crippen LogP contribution in [0.2, 0.25) is 0 Å². The predicted molar refractivity (Wildman–Crippen MR) is 81.5 cm³/mol. The van der Waals surface area contributed by atoms with Crippen LogP contribution in [0.1, 0.15) is 18.5 Å². The maximum Gasteiger partial charge on any atom is 0.119 e. The number of hydrogen-bond acceptors (Lipinski definition) is 2. The van der Waals surface area contributed by atoms with Crippen molar-refractivity contribution in [2.45, 2.75) is 19.5 Å². The first kappa shape index (κ1) is 14.2. The zero-order chi connectivity index (χ0) is 13.7. The van der Waals surface area contributed by atoms with Crippen LogP contribution in [0.3, 0.4) is 0 Å². The van der Waals surface area contributed by atoms with E-state index < -0.39 is 0 Å². The number of benzene rings is 1. The van der Waals surface area contributed by atoms with E-state index in [-0.39, 0.29) is 0 Å². The molecule has 2 rings (SSSR count). The molecule has 0 aliphatic rings. The molecule has 0 aliphatic carbocycles. The molecule has 0 amide bonds. The van der Waals surface area contributed by atoms with Crippen molar-refractivity contribution < 1.29 is 4.74 Å². The lowest BCUT2D eigenvalue weighted by molar-refractivity contribution is 0.298. The molecule has 1 heterocycles. The Morgan fingerprint density at radius 3 is 2.68 bits per heavy atom. The molecule has 1 unspecified atom stereocenters. The third-order valence-corrected chi connectivity index (χ3v) is 3.67. The summed E-state index contributed by atoms with van der Waals surface area (Å²) in [5.41, 5.74) is 1.30. The number of nitrogens with zero attached hydrogens (tertiary/aromatic N) is 1. The fourth-order valence-electron chi connectivity index (χ4n) is 1.82. The van der Waals surface area contributed by atoms with E-state index >= 15 is 0 Å². The quantitative estimate of drug-likeness (QED) is 0.879. The van der Waals surface area contributed by atoms with Crippen LogP contribution < -0.4 is 10.1 Å². The predicted octanol–water partition coefficient (Wildman–Crippen LogP) is 3.61. The van der Waals surface area contributed by atoms with Crippen LogP contribution in [0.5, 0.6) is 5.75 Å². The van der Waals surface area contributed by atoms with Gasteiger partial charge in [-0.05, 0) is 49.9 Å². The summed E-state index contributed by atoms with van der Waals surface area (Å²) in [5.74, 6) is 0.902. The largest absolute Gasteiger partial charge is 0.492 e. The van der Waals surface area contributed by atoms with E-state index in [2.05, 4.69) is 51.2 Å². The number of ether oxygens (including phenoxy) is 1. The van der Waals surface area contributed by atoms with Gasteiger partial charge in [0, 0.05) is 22.9 Å². The number of aromatic nitrogens is 1. The first-order chi connectivity index (χ1) is 9.19. The van der Waals surface area contributed by atoms with Gasteiger partial charge >= 0.3 is 0 Å². The highest BCUT2D eigenvalue weighted by atomic mass is 79.9. The molecule has 0 fully saturated rings. The van der Waals surface area contributed by atoms with Gasteiger partial charge < -0.3 is 14.6 Å². The van der Waals surface area contributed by atoms with E-state index in [0.717, 1.165) is 16.8 Å². The molecule has 0 radical (unpaired) electrons. The number of nitrogens with one attached hydrogen (secondary N) is 1. The number of hydrogen-bond donors (Lipinski definition) is 1. The minimum atomic E-state index is 0.383. The fourth-order valence-corrected chi connectivity index (χ4v) is 2.09. The second kappa shape index (κ2) is 6.78. The van der Waals surface area contributed by atoms with Crippen LogP contribution in [0.4, 0.5) is 0 Å². The molecular formula is C15H19BrN2O. The molecule has 4 heteroatoms. The molecule has 2 aromatic rings. The molecule has 3 nitrogen and oxygen atoms in total. The highest BCUT2D eigenvalue weighted by Gasteiger charge is 2.04. The van der Waals surface area contributed by atoms with Crippen LogP contribution in [0, 0.1) is 0 Å². The molecule has 102 valence electrons. The van der Waals surface area contributed by atoms with Gasteiger partial charge in [-0.15, -0.1) is 0 Å². The first-order valence-electron chi connectivity index (χ1n) is 6.40. The van der Waals surface area contributed by atoms with Gasteiger partial charge in [-0.2, -0.15) is 0 Å². The average Bonchev–Trinajstić information content (AvgIpc) is 2.89.